The molecule has 1 aliphatic rings. The monoisotopic (exact) mass is 1220 g/mol. The van der Waals surface area contributed by atoms with Crippen LogP contribution in [0.2, 0.25) is 0 Å². The average molecular weight is 1220 g/mol. The number of methoxy groups -OCH3 is 1. The Morgan fingerprint density at radius 2 is 1.46 bits per heavy atom. The number of anilines is 1. The minimum atomic E-state index is -1.15. The van der Waals surface area contributed by atoms with Gasteiger partial charge < -0.3 is 47.5 Å². The van der Waals surface area contributed by atoms with Crippen molar-refractivity contribution >= 4 is 109 Å². The molecule has 8 aromatic rings. The fraction of sp³-hybridized carbons (Fsp3) is 0.327. The molecule has 9 rings (SSSR count). The number of aromatic nitrogens is 7. The SMILES string of the molecule is CNC(=O)C[C@@H]1NC(=O)c2csc(n2)-c2ccc(-c3nc(NC(=O)CC[C@H](N)CO)cs3)nc2-c2csc(n2)-c2csc(n2)[C@H]([C@@H](N=O)c2ccccc2)NC(=O)CNC(=O)c2nc(sc2COC)[C@H](C(C)C)NC(=O)c2nc1sc2C. The number of nitrogens with zero attached hydrogens (tertiary/aromatic N) is 8. The molecule has 30 heteroatoms. The molecule has 6 amide bonds. The molecule has 426 valence electrons. The average Bonchev–Trinajstić information content (AvgIpc) is 4.42. The van der Waals surface area contributed by atoms with Crippen LogP contribution in [0, 0.1) is 17.7 Å². The van der Waals surface area contributed by atoms with Gasteiger partial charge in [0.1, 0.15) is 82.1 Å². The van der Waals surface area contributed by atoms with E-state index >= 15 is 0 Å². The van der Waals surface area contributed by atoms with E-state index in [0.717, 1.165) is 22.7 Å². The standard InChI is InChI=1S/C52H53N15O9S6/c1-23(2)38-52-66-42(33(82-52)18-76-5)45(73)55-16-37(71)63-43(40(67-75)25-9-7-6-8-10-25)51-60-32(21-79-51)49-58-30(19-78-49)41-27(12-13-28(56-41)48-62-34(22-80-48)61-35(69)14-11-26(53)17-68)47-59-31(20-77-47)44(72)57-29(15-36(70)54-4)50-65-39(24(3)81-50)46(74)64-38/h6-10,12-13,19-23,26,29,38,40,43,68H,11,14-18,53H2,1-5H3,(H,54,70)(H,55,73)(H,57,72)(H,61,69)(H,63,71)(H,64,74)/t26-,29-,38-,40-,43-/m0/s1. The number of ether oxygens (including phenoxy) is 1. The van der Waals surface area contributed by atoms with Gasteiger partial charge in [0, 0.05) is 58.6 Å². The zero-order chi connectivity index (χ0) is 58.2. The van der Waals surface area contributed by atoms with Crippen LogP contribution in [-0.2, 0) is 25.7 Å². The number of aliphatic hydroxyl groups is 1. The van der Waals surface area contributed by atoms with E-state index in [9.17, 15) is 38.8 Å². The number of benzene rings is 1. The number of hydrogen-bond acceptors (Lipinski definition) is 24. The van der Waals surface area contributed by atoms with Crippen LogP contribution in [0.15, 0.2) is 69.2 Å². The van der Waals surface area contributed by atoms with Crippen molar-refractivity contribution in [1.29, 1.82) is 0 Å². The van der Waals surface area contributed by atoms with Gasteiger partial charge >= 0.3 is 0 Å². The fourth-order valence-electron chi connectivity index (χ4n) is 8.38. The lowest BCUT2D eigenvalue weighted by Crippen LogP contribution is -2.40. The summed E-state index contributed by atoms with van der Waals surface area (Å²) in [5.41, 5.74) is 8.43. The first-order valence-electron chi connectivity index (χ1n) is 25.3. The van der Waals surface area contributed by atoms with Crippen LogP contribution in [-0.4, -0.2) is 109 Å². The van der Waals surface area contributed by atoms with Crippen LogP contribution >= 0.6 is 68.0 Å². The summed E-state index contributed by atoms with van der Waals surface area (Å²) in [5, 5.41) is 38.7. The molecule has 82 heavy (non-hydrogen) atoms. The van der Waals surface area contributed by atoms with Crippen molar-refractivity contribution in [3.63, 3.8) is 0 Å². The number of aliphatic hydroxyl groups excluding tert-OH is 1. The lowest BCUT2D eigenvalue weighted by Gasteiger charge is -2.22. The first-order valence-corrected chi connectivity index (χ1v) is 30.4. The first kappa shape index (κ1) is 59.1. The van der Waals surface area contributed by atoms with Gasteiger partial charge in [0.05, 0.1) is 48.8 Å². The molecule has 1 aromatic carbocycles. The van der Waals surface area contributed by atoms with Crippen molar-refractivity contribution in [1.82, 2.24) is 61.5 Å². The van der Waals surface area contributed by atoms with Gasteiger partial charge in [0.15, 0.2) is 0 Å². The topological polar surface area (TPSA) is 350 Å². The molecule has 0 spiro atoms. The number of nitrogens with two attached hydrogens (primary N) is 1. The van der Waals surface area contributed by atoms with E-state index in [-0.39, 0.29) is 66.4 Å². The first-order chi connectivity index (χ1) is 39.5. The minimum Gasteiger partial charge on any atom is -0.395 e. The molecule has 7 aromatic heterocycles. The Balaban J connectivity index is 1.13. The van der Waals surface area contributed by atoms with E-state index in [4.69, 9.17) is 30.4 Å². The Morgan fingerprint density at radius 1 is 0.744 bits per heavy atom. The van der Waals surface area contributed by atoms with Crippen LogP contribution in [0.25, 0.3) is 43.4 Å². The van der Waals surface area contributed by atoms with Gasteiger partial charge in [0.2, 0.25) is 17.7 Å². The molecule has 9 N–H and O–H groups in total. The highest BCUT2D eigenvalue weighted by Gasteiger charge is 2.34. The quantitative estimate of drug-likeness (QED) is 0.0502. The van der Waals surface area contributed by atoms with E-state index in [0.29, 0.717) is 74.5 Å². The molecule has 24 nitrogen and oxygen atoms in total. The number of hydrogen-bond donors (Lipinski definition) is 8. The van der Waals surface area contributed by atoms with Crippen LogP contribution < -0.4 is 37.6 Å². The summed E-state index contributed by atoms with van der Waals surface area (Å²) in [6.45, 7) is 4.65. The maximum absolute atomic E-state index is 14.3. The summed E-state index contributed by atoms with van der Waals surface area (Å²) >= 11 is 7.12. The number of pyridine rings is 1. The number of thiazole rings is 6. The number of carbonyl (C=O) groups excluding carboxylic acids is 6. The molecular weight excluding hydrogens is 1170 g/mol. The second-order valence-electron chi connectivity index (χ2n) is 18.8. The van der Waals surface area contributed by atoms with Crippen molar-refractivity contribution < 1.29 is 38.6 Å². The number of nitroso groups, excluding NO2 is 1. The lowest BCUT2D eigenvalue weighted by molar-refractivity contribution is -0.121. The molecule has 8 heterocycles. The minimum absolute atomic E-state index is 0.0101. The number of nitrogens with one attached hydrogen (secondary N) is 6. The summed E-state index contributed by atoms with van der Waals surface area (Å²) < 4.78 is 5.44. The van der Waals surface area contributed by atoms with Crippen molar-refractivity contribution in [3.8, 4) is 43.4 Å². The molecule has 5 atom stereocenters. The molecular formula is C52H53N15O9S6. The van der Waals surface area contributed by atoms with Gasteiger partial charge in [0.25, 0.3) is 17.7 Å². The Morgan fingerprint density at radius 3 is 2.21 bits per heavy atom. The Hall–Kier alpha value is -7.55. The second kappa shape index (κ2) is 26.6. The summed E-state index contributed by atoms with van der Waals surface area (Å²) in [4.78, 5) is 130. The summed E-state index contributed by atoms with van der Waals surface area (Å²) in [5.74, 6) is -3.24. The molecule has 0 saturated heterocycles. The maximum Gasteiger partial charge on any atom is 0.271 e. The third-order valence-electron chi connectivity index (χ3n) is 12.6. The third-order valence-corrected chi connectivity index (χ3v) is 18.3. The molecule has 0 aliphatic carbocycles. The molecule has 0 radical (unpaired) electrons. The van der Waals surface area contributed by atoms with Crippen LogP contribution in [0.1, 0.15) is 119 Å². The predicted molar refractivity (Wildman–Crippen MR) is 313 cm³/mol. The van der Waals surface area contributed by atoms with Gasteiger partial charge in [-0.1, -0.05) is 49.4 Å². The Labute approximate surface area is 492 Å². The maximum atomic E-state index is 14.3. The highest BCUT2D eigenvalue weighted by Crippen LogP contribution is 2.41. The number of rotatable bonds is 14. The van der Waals surface area contributed by atoms with Gasteiger partial charge in [-0.05, 0) is 37.0 Å². The zero-order valence-corrected chi connectivity index (χ0v) is 49.3. The van der Waals surface area contributed by atoms with Crippen molar-refractivity contribution in [2.75, 3.05) is 32.6 Å². The van der Waals surface area contributed by atoms with E-state index in [1.807, 2.05) is 13.8 Å². The largest absolute Gasteiger partial charge is 0.395 e. The predicted octanol–water partition coefficient (Wildman–Crippen LogP) is 7.12. The Kier molecular flexibility index (Phi) is 19.1. The highest BCUT2D eigenvalue weighted by molar-refractivity contribution is 7.15. The second-order valence-corrected chi connectivity index (χ2v) is 24.6. The zero-order valence-electron chi connectivity index (χ0n) is 44.4. The fourth-order valence-corrected chi connectivity index (χ4v) is 13.9. The smallest absolute Gasteiger partial charge is 0.271 e. The van der Waals surface area contributed by atoms with Gasteiger partial charge in [-0.15, -0.1) is 68.0 Å². The molecule has 0 saturated carbocycles. The number of aryl methyl sites for hydroxylation is 1. The van der Waals surface area contributed by atoms with E-state index in [1.54, 1.807) is 70.9 Å². The summed E-state index contributed by atoms with van der Waals surface area (Å²) in [7, 11) is 2.93. The molecule has 0 fully saturated rings. The third kappa shape index (κ3) is 13.7. The van der Waals surface area contributed by atoms with Crippen molar-refractivity contribution in [3.05, 3.63) is 116 Å². The molecule has 10 bridgehead atoms. The highest BCUT2D eigenvalue weighted by atomic mass is 32.1. The van der Waals surface area contributed by atoms with Gasteiger partial charge in [-0.2, -0.15) is 4.91 Å². The van der Waals surface area contributed by atoms with E-state index in [1.165, 1.54) is 59.5 Å². The summed E-state index contributed by atoms with van der Waals surface area (Å²) in [6, 6.07) is 7.67. The van der Waals surface area contributed by atoms with Crippen LogP contribution in [0.4, 0.5) is 5.82 Å². The number of amides is 6. The number of fused-ring (bicyclic) bond motifs is 14. The molecule has 1 aliphatic heterocycles. The summed E-state index contributed by atoms with van der Waals surface area (Å²) in [6.07, 6.45) is 0.131. The van der Waals surface area contributed by atoms with Crippen LogP contribution in [0.3, 0.4) is 0 Å². The van der Waals surface area contributed by atoms with Crippen molar-refractivity contribution in [2.24, 2.45) is 16.8 Å². The van der Waals surface area contributed by atoms with E-state index < -0.39 is 66.3 Å². The van der Waals surface area contributed by atoms with E-state index in [2.05, 4.69) is 52.0 Å². The van der Waals surface area contributed by atoms with Gasteiger partial charge in [-0.3, -0.25) is 28.8 Å². The lowest BCUT2D eigenvalue weighted by atomic mass is 10.0. The Bertz CT molecular complexity index is 3650. The van der Waals surface area contributed by atoms with Gasteiger partial charge in [-0.25, -0.2) is 34.9 Å². The molecule has 0 unspecified atom stereocenters. The van der Waals surface area contributed by atoms with Crippen molar-refractivity contribution in [2.45, 2.75) is 76.8 Å². The number of carbonyl (C=O) groups is 6. The normalized spacial score (nSPS) is 16.8. The van der Waals surface area contributed by atoms with Crippen LogP contribution in [0.5, 0.6) is 0 Å².